The molecule has 1 heterocycles. The number of nitrogens with one attached hydrogen (secondary N) is 1. The van der Waals surface area contributed by atoms with Crippen molar-refractivity contribution in [3.05, 3.63) is 36.2 Å². The lowest BCUT2D eigenvalue weighted by atomic mass is 10.2. The summed E-state index contributed by atoms with van der Waals surface area (Å²) in [7, 11) is 3.73. The molecule has 88 valence electrons. The van der Waals surface area contributed by atoms with Crippen LogP contribution < -0.4 is 5.32 Å². The fourth-order valence-corrected chi connectivity index (χ4v) is 0.969. The summed E-state index contributed by atoms with van der Waals surface area (Å²) in [6.07, 6.45) is 8.60. The average Bonchev–Trinajstić information content (AvgIpc) is 2.44. The van der Waals surface area contributed by atoms with Crippen LogP contribution in [0.2, 0.25) is 0 Å². The highest BCUT2D eigenvalue weighted by Gasteiger charge is 2.26. The van der Waals surface area contributed by atoms with Gasteiger partial charge in [-0.25, -0.2) is 4.79 Å². The van der Waals surface area contributed by atoms with E-state index in [4.69, 9.17) is 4.74 Å². The predicted octanol–water partition coefficient (Wildman–Crippen LogP) is 1.38. The third-order valence-electron chi connectivity index (χ3n) is 2.48. The zero-order chi connectivity index (χ0) is 12.2. The van der Waals surface area contributed by atoms with Gasteiger partial charge in [0.05, 0.1) is 5.57 Å². The van der Waals surface area contributed by atoms with E-state index in [1.807, 2.05) is 32.8 Å². The average molecular weight is 222 g/mol. The first-order valence-corrected chi connectivity index (χ1v) is 5.14. The van der Waals surface area contributed by atoms with Gasteiger partial charge >= 0.3 is 5.97 Å². The monoisotopic (exact) mass is 222 g/mol. The first kappa shape index (κ1) is 12.5. The van der Waals surface area contributed by atoms with Crippen molar-refractivity contribution < 1.29 is 9.53 Å². The van der Waals surface area contributed by atoms with Gasteiger partial charge in [0.1, 0.15) is 0 Å². The van der Waals surface area contributed by atoms with Crippen LogP contribution in [0.3, 0.4) is 0 Å². The summed E-state index contributed by atoms with van der Waals surface area (Å²) in [6, 6.07) is 0. The quantitative estimate of drug-likeness (QED) is 0.578. The summed E-state index contributed by atoms with van der Waals surface area (Å²) >= 11 is 0. The van der Waals surface area contributed by atoms with Crippen LogP contribution in [-0.4, -0.2) is 30.7 Å². The minimum absolute atomic E-state index is 0.330. The van der Waals surface area contributed by atoms with Crippen molar-refractivity contribution in [2.24, 2.45) is 0 Å². The maximum atomic E-state index is 11.8. The van der Waals surface area contributed by atoms with E-state index < -0.39 is 5.72 Å². The van der Waals surface area contributed by atoms with E-state index in [-0.39, 0.29) is 5.97 Å². The maximum absolute atomic E-state index is 11.8. The van der Waals surface area contributed by atoms with E-state index in [1.165, 1.54) is 0 Å². The van der Waals surface area contributed by atoms with Crippen LogP contribution in [0, 0.1) is 0 Å². The molecule has 4 nitrogen and oxygen atoms in total. The SMILES string of the molecule is CN(C)C(C)(C)OC(=O)C1=CC=CNC=C1. The van der Waals surface area contributed by atoms with Crippen molar-refractivity contribution in [3.8, 4) is 0 Å². The van der Waals surface area contributed by atoms with Crippen molar-refractivity contribution in [3.63, 3.8) is 0 Å². The van der Waals surface area contributed by atoms with Crippen LogP contribution in [0.4, 0.5) is 0 Å². The molecule has 0 radical (unpaired) electrons. The zero-order valence-corrected chi connectivity index (χ0v) is 10.2. The second-order valence-electron chi connectivity index (χ2n) is 4.21. The Balaban J connectivity index is 2.72. The number of ether oxygens (including phenoxy) is 1. The van der Waals surface area contributed by atoms with Gasteiger partial charge < -0.3 is 10.1 Å². The Bertz CT molecular complexity index is 352. The first-order valence-electron chi connectivity index (χ1n) is 5.14. The van der Waals surface area contributed by atoms with E-state index in [0.717, 1.165) is 0 Å². The van der Waals surface area contributed by atoms with Crippen LogP contribution in [0.15, 0.2) is 36.2 Å². The molecule has 0 bridgehead atoms. The fraction of sp³-hybridized carbons (Fsp3) is 0.417. The Morgan fingerprint density at radius 1 is 1.38 bits per heavy atom. The summed E-state index contributed by atoms with van der Waals surface area (Å²) in [6.45, 7) is 3.69. The Labute approximate surface area is 96.3 Å². The van der Waals surface area contributed by atoms with Gasteiger partial charge in [-0.05, 0) is 46.2 Å². The van der Waals surface area contributed by atoms with Crippen LogP contribution in [-0.2, 0) is 9.53 Å². The summed E-state index contributed by atoms with van der Waals surface area (Å²) in [5.74, 6) is -0.330. The van der Waals surface area contributed by atoms with Crippen LogP contribution in [0.1, 0.15) is 13.8 Å². The third-order valence-corrected chi connectivity index (χ3v) is 2.48. The lowest BCUT2D eigenvalue weighted by molar-refractivity contribution is -0.166. The van der Waals surface area contributed by atoms with Crippen molar-refractivity contribution >= 4 is 5.97 Å². The van der Waals surface area contributed by atoms with Crippen LogP contribution >= 0.6 is 0 Å². The highest BCUT2D eigenvalue weighted by Crippen LogP contribution is 2.15. The molecule has 1 aliphatic heterocycles. The van der Waals surface area contributed by atoms with E-state index in [1.54, 1.807) is 30.6 Å². The molecule has 0 aromatic rings. The highest BCUT2D eigenvalue weighted by atomic mass is 16.6. The molecular formula is C12H18N2O2. The Hall–Kier alpha value is -1.55. The minimum Gasteiger partial charge on any atom is -0.441 e. The molecule has 4 heteroatoms. The molecule has 0 aromatic heterocycles. The van der Waals surface area contributed by atoms with Crippen molar-refractivity contribution in [2.75, 3.05) is 14.1 Å². The van der Waals surface area contributed by atoms with E-state index >= 15 is 0 Å². The van der Waals surface area contributed by atoms with Gasteiger partial charge in [-0.1, -0.05) is 0 Å². The van der Waals surface area contributed by atoms with Crippen molar-refractivity contribution in [1.29, 1.82) is 0 Å². The number of esters is 1. The zero-order valence-electron chi connectivity index (χ0n) is 10.2. The molecule has 0 saturated heterocycles. The molecule has 0 aromatic carbocycles. The lowest BCUT2D eigenvalue weighted by Crippen LogP contribution is -2.42. The molecular weight excluding hydrogens is 204 g/mol. The Kier molecular flexibility index (Phi) is 3.90. The molecule has 0 atom stereocenters. The van der Waals surface area contributed by atoms with E-state index in [0.29, 0.717) is 5.57 Å². The number of rotatable bonds is 3. The summed E-state index contributed by atoms with van der Waals surface area (Å²) in [5, 5.41) is 2.89. The van der Waals surface area contributed by atoms with Gasteiger partial charge in [0.25, 0.3) is 0 Å². The van der Waals surface area contributed by atoms with Crippen molar-refractivity contribution in [2.45, 2.75) is 19.6 Å². The van der Waals surface area contributed by atoms with E-state index in [2.05, 4.69) is 5.32 Å². The van der Waals surface area contributed by atoms with Crippen LogP contribution in [0.25, 0.3) is 0 Å². The van der Waals surface area contributed by atoms with Crippen molar-refractivity contribution in [1.82, 2.24) is 10.2 Å². The minimum atomic E-state index is -0.616. The number of carbonyl (C=O) groups is 1. The number of nitrogens with zero attached hydrogens (tertiary/aromatic N) is 1. The molecule has 16 heavy (non-hydrogen) atoms. The normalized spacial score (nSPS) is 15.4. The topological polar surface area (TPSA) is 41.6 Å². The van der Waals surface area contributed by atoms with Gasteiger partial charge in [-0.15, -0.1) is 0 Å². The van der Waals surface area contributed by atoms with Gasteiger partial charge in [0.2, 0.25) is 0 Å². The standard InChI is InChI=1S/C12H18N2O2/c1-12(2,14(3)4)16-11(15)10-6-5-8-13-9-7-10/h5-9,13H,1-4H3. The number of carbonyl (C=O) groups excluding carboxylic acids is 1. The molecule has 0 amide bonds. The van der Waals surface area contributed by atoms with Gasteiger partial charge in [-0.2, -0.15) is 0 Å². The van der Waals surface area contributed by atoms with Crippen LogP contribution in [0.5, 0.6) is 0 Å². The fourth-order valence-electron chi connectivity index (χ4n) is 0.969. The van der Waals surface area contributed by atoms with E-state index in [9.17, 15) is 4.79 Å². The molecule has 1 N–H and O–H groups in total. The molecule has 0 aliphatic carbocycles. The molecule has 1 rings (SSSR count). The largest absolute Gasteiger partial charge is 0.441 e. The molecule has 0 spiro atoms. The Morgan fingerprint density at radius 3 is 2.69 bits per heavy atom. The van der Waals surface area contributed by atoms with Gasteiger partial charge in [0, 0.05) is 12.4 Å². The summed E-state index contributed by atoms with van der Waals surface area (Å²) in [5.41, 5.74) is -0.0916. The summed E-state index contributed by atoms with van der Waals surface area (Å²) in [4.78, 5) is 13.7. The summed E-state index contributed by atoms with van der Waals surface area (Å²) < 4.78 is 5.40. The predicted molar refractivity (Wildman–Crippen MR) is 63.4 cm³/mol. The highest BCUT2D eigenvalue weighted by molar-refractivity contribution is 5.92. The second kappa shape index (κ2) is 4.99. The molecule has 0 saturated carbocycles. The maximum Gasteiger partial charge on any atom is 0.339 e. The first-order chi connectivity index (χ1) is 7.43. The van der Waals surface area contributed by atoms with Gasteiger partial charge in [0.15, 0.2) is 5.72 Å². The smallest absolute Gasteiger partial charge is 0.339 e. The second-order valence-corrected chi connectivity index (χ2v) is 4.21. The third kappa shape index (κ3) is 3.24. The molecule has 0 unspecified atom stereocenters. The Morgan fingerprint density at radius 2 is 2.06 bits per heavy atom. The van der Waals surface area contributed by atoms with Gasteiger partial charge in [-0.3, -0.25) is 4.90 Å². The molecule has 0 fully saturated rings. The number of allylic oxidation sites excluding steroid dienone is 2. The number of hydrogen-bond donors (Lipinski definition) is 1. The number of hydrogen-bond acceptors (Lipinski definition) is 4. The lowest BCUT2D eigenvalue weighted by Gasteiger charge is -2.31. The molecule has 1 aliphatic rings.